The SMILES string of the molecule is CC(=O)c1ccc(Oc2ccc([N+](=O)[O-])cc2F)cn1. The molecule has 20 heavy (non-hydrogen) atoms. The van der Waals surface area contributed by atoms with Crippen molar-refractivity contribution in [2.45, 2.75) is 6.92 Å². The first-order chi connectivity index (χ1) is 9.47. The second-order valence-corrected chi connectivity index (χ2v) is 3.91. The van der Waals surface area contributed by atoms with Gasteiger partial charge in [0.2, 0.25) is 0 Å². The molecule has 0 amide bonds. The summed E-state index contributed by atoms with van der Waals surface area (Å²) in [5.74, 6) is -0.983. The first-order valence-electron chi connectivity index (χ1n) is 5.56. The number of nitrogens with zero attached hydrogens (tertiary/aromatic N) is 2. The van der Waals surface area contributed by atoms with Crippen LogP contribution in [0.25, 0.3) is 0 Å². The maximum absolute atomic E-state index is 13.6. The summed E-state index contributed by atoms with van der Waals surface area (Å²) in [6.07, 6.45) is 1.28. The zero-order valence-corrected chi connectivity index (χ0v) is 10.4. The van der Waals surface area contributed by atoms with Crippen molar-refractivity contribution >= 4 is 11.5 Å². The number of ketones is 1. The van der Waals surface area contributed by atoms with Crippen LogP contribution in [0.2, 0.25) is 0 Å². The Morgan fingerprint density at radius 3 is 2.60 bits per heavy atom. The van der Waals surface area contributed by atoms with Gasteiger partial charge in [-0.05, 0) is 18.2 Å². The number of ether oxygens (including phenoxy) is 1. The van der Waals surface area contributed by atoms with E-state index in [1.54, 1.807) is 0 Å². The minimum Gasteiger partial charge on any atom is -0.453 e. The Morgan fingerprint density at radius 2 is 2.10 bits per heavy atom. The fourth-order valence-corrected chi connectivity index (χ4v) is 1.46. The first kappa shape index (κ1) is 13.6. The summed E-state index contributed by atoms with van der Waals surface area (Å²) in [7, 11) is 0. The average molecular weight is 276 g/mol. The summed E-state index contributed by atoms with van der Waals surface area (Å²) in [4.78, 5) is 24.7. The molecular formula is C13H9FN2O4. The molecule has 0 saturated carbocycles. The molecule has 0 bridgehead atoms. The van der Waals surface area contributed by atoms with Crippen LogP contribution in [0.1, 0.15) is 17.4 Å². The number of hydrogen-bond donors (Lipinski definition) is 0. The number of aromatic nitrogens is 1. The lowest BCUT2D eigenvalue weighted by atomic mass is 10.2. The van der Waals surface area contributed by atoms with Crippen molar-refractivity contribution < 1.29 is 18.8 Å². The molecule has 1 heterocycles. The predicted octanol–water partition coefficient (Wildman–Crippen LogP) is 3.12. The van der Waals surface area contributed by atoms with Crippen LogP contribution >= 0.6 is 0 Å². The van der Waals surface area contributed by atoms with Gasteiger partial charge in [0.1, 0.15) is 11.4 Å². The van der Waals surface area contributed by atoms with E-state index in [4.69, 9.17) is 4.74 Å². The van der Waals surface area contributed by atoms with Gasteiger partial charge in [0, 0.05) is 13.0 Å². The highest BCUT2D eigenvalue weighted by atomic mass is 19.1. The number of carbonyl (C=O) groups excluding carboxylic acids is 1. The summed E-state index contributed by atoms with van der Waals surface area (Å²) in [5.41, 5.74) is -0.0959. The second kappa shape index (κ2) is 5.43. The van der Waals surface area contributed by atoms with Gasteiger partial charge in [-0.15, -0.1) is 0 Å². The summed E-state index contributed by atoms with van der Waals surface area (Å²) in [5, 5.41) is 10.5. The average Bonchev–Trinajstić information content (AvgIpc) is 2.41. The van der Waals surface area contributed by atoms with E-state index < -0.39 is 10.7 Å². The molecule has 0 aliphatic carbocycles. The van der Waals surface area contributed by atoms with Crippen LogP contribution in [0.5, 0.6) is 11.5 Å². The molecule has 0 unspecified atom stereocenters. The third-order valence-electron chi connectivity index (χ3n) is 2.45. The minimum atomic E-state index is -0.852. The maximum atomic E-state index is 13.6. The van der Waals surface area contributed by atoms with Crippen molar-refractivity contribution in [2.75, 3.05) is 0 Å². The zero-order chi connectivity index (χ0) is 14.7. The number of non-ortho nitro benzene ring substituents is 1. The van der Waals surface area contributed by atoms with Crippen LogP contribution in [0.15, 0.2) is 36.5 Å². The van der Waals surface area contributed by atoms with Crippen LogP contribution in [-0.4, -0.2) is 15.7 Å². The van der Waals surface area contributed by atoms with E-state index in [2.05, 4.69) is 4.98 Å². The molecule has 1 aromatic heterocycles. The third kappa shape index (κ3) is 2.94. The molecule has 2 rings (SSSR count). The summed E-state index contributed by atoms with van der Waals surface area (Å²) in [6.45, 7) is 1.37. The Bertz CT molecular complexity index is 671. The second-order valence-electron chi connectivity index (χ2n) is 3.91. The molecule has 0 saturated heterocycles. The van der Waals surface area contributed by atoms with E-state index in [1.165, 1.54) is 25.3 Å². The molecular weight excluding hydrogens is 267 g/mol. The number of benzene rings is 1. The number of hydrogen-bond acceptors (Lipinski definition) is 5. The molecule has 0 fully saturated rings. The molecule has 0 aliphatic heterocycles. The molecule has 7 heteroatoms. The van der Waals surface area contributed by atoms with Crippen LogP contribution in [0.4, 0.5) is 10.1 Å². The Balaban J connectivity index is 2.21. The van der Waals surface area contributed by atoms with Gasteiger partial charge in [-0.25, -0.2) is 9.37 Å². The van der Waals surface area contributed by atoms with E-state index in [0.717, 1.165) is 18.2 Å². The molecule has 0 radical (unpaired) electrons. The lowest BCUT2D eigenvalue weighted by Crippen LogP contribution is -1.97. The molecule has 0 N–H and O–H groups in total. The first-order valence-corrected chi connectivity index (χ1v) is 5.56. The molecule has 2 aromatic rings. The standard InChI is InChI=1S/C13H9FN2O4/c1-8(17)12-4-3-10(7-15-12)20-13-5-2-9(16(18)19)6-11(13)14/h2-7H,1H3. The van der Waals surface area contributed by atoms with E-state index in [9.17, 15) is 19.3 Å². The van der Waals surface area contributed by atoms with Gasteiger partial charge in [0.15, 0.2) is 17.3 Å². The molecule has 6 nitrogen and oxygen atoms in total. The van der Waals surface area contributed by atoms with Gasteiger partial charge in [-0.3, -0.25) is 14.9 Å². The molecule has 0 spiro atoms. The normalized spacial score (nSPS) is 10.1. The van der Waals surface area contributed by atoms with E-state index in [0.29, 0.717) is 0 Å². The lowest BCUT2D eigenvalue weighted by molar-refractivity contribution is -0.385. The Labute approximate surface area is 113 Å². The number of pyridine rings is 1. The number of rotatable bonds is 4. The van der Waals surface area contributed by atoms with Crippen molar-refractivity contribution in [1.82, 2.24) is 4.98 Å². The highest BCUT2D eigenvalue weighted by molar-refractivity contribution is 5.92. The van der Waals surface area contributed by atoms with E-state index >= 15 is 0 Å². The van der Waals surface area contributed by atoms with Crippen molar-refractivity contribution in [3.63, 3.8) is 0 Å². The topological polar surface area (TPSA) is 82.3 Å². The molecule has 102 valence electrons. The Hall–Kier alpha value is -2.83. The highest BCUT2D eigenvalue weighted by Gasteiger charge is 2.12. The summed E-state index contributed by atoms with van der Waals surface area (Å²) >= 11 is 0. The lowest BCUT2D eigenvalue weighted by Gasteiger charge is -2.06. The highest BCUT2D eigenvalue weighted by Crippen LogP contribution is 2.27. The monoisotopic (exact) mass is 276 g/mol. The van der Waals surface area contributed by atoms with Crippen molar-refractivity contribution in [1.29, 1.82) is 0 Å². The van der Waals surface area contributed by atoms with Crippen molar-refractivity contribution in [3.05, 3.63) is 58.2 Å². The number of nitro groups is 1. The summed E-state index contributed by atoms with van der Waals surface area (Å²) < 4.78 is 18.8. The molecule has 0 aliphatic rings. The quantitative estimate of drug-likeness (QED) is 0.486. The zero-order valence-electron chi connectivity index (χ0n) is 10.4. The Kier molecular flexibility index (Phi) is 3.69. The van der Waals surface area contributed by atoms with E-state index in [1.807, 2.05) is 0 Å². The Morgan fingerprint density at radius 1 is 1.35 bits per heavy atom. The van der Waals surface area contributed by atoms with Crippen LogP contribution in [0.3, 0.4) is 0 Å². The van der Waals surface area contributed by atoms with Gasteiger partial charge in [0.25, 0.3) is 5.69 Å². The van der Waals surface area contributed by atoms with Gasteiger partial charge in [0.05, 0.1) is 17.2 Å². The van der Waals surface area contributed by atoms with Crippen LogP contribution < -0.4 is 4.74 Å². The number of nitro benzene ring substituents is 1. The van der Waals surface area contributed by atoms with Gasteiger partial charge in [-0.2, -0.15) is 0 Å². The number of carbonyl (C=O) groups is 1. The fraction of sp³-hybridized carbons (Fsp3) is 0.0769. The maximum Gasteiger partial charge on any atom is 0.272 e. The van der Waals surface area contributed by atoms with Crippen LogP contribution in [0, 0.1) is 15.9 Å². The van der Waals surface area contributed by atoms with Gasteiger partial charge >= 0.3 is 0 Å². The number of halogens is 1. The largest absolute Gasteiger partial charge is 0.453 e. The fourth-order valence-electron chi connectivity index (χ4n) is 1.46. The summed E-state index contributed by atoms with van der Waals surface area (Å²) in [6, 6.07) is 5.97. The number of Topliss-reactive ketones (excluding diaryl/α,β-unsaturated/α-hetero) is 1. The van der Waals surface area contributed by atoms with Gasteiger partial charge in [-0.1, -0.05) is 0 Å². The van der Waals surface area contributed by atoms with Gasteiger partial charge < -0.3 is 4.74 Å². The molecule has 1 aromatic carbocycles. The third-order valence-corrected chi connectivity index (χ3v) is 2.45. The van der Waals surface area contributed by atoms with E-state index in [-0.39, 0.29) is 28.7 Å². The van der Waals surface area contributed by atoms with Crippen LogP contribution in [-0.2, 0) is 0 Å². The minimum absolute atomic E-state index is 0.159. The molecule has 0 atom stereocenters. The van der Waals surface area contributed by atoms with Crippen molar-refractivity contribution in [3.8, 4) is 11.5 Å². The smallest absolute Gasteiger partial charge is 0.272 e. The predicted molar refractivity (Wildman–Crippen MR) is 67.4 cm³/mol. The van der Waals surface area contributed by atoms with Crippen molar-refractivity contribution in [2.24, 2.45) is 0 Å².